The fourth-order valence-corrected chi connectivity index (χ4v) is 3.73. The predicted molar refractivity (Wildman–Crippen MR) is 82.0 cm³/mol. The molecule has 3 rings (SSSR count). The van der Waals surface area contributed by atoms with Gasteiger partial charge in [0.2, 0.25) is 10.0 Å². The van der Waals surface area contributed by atoms with Crippen molar-refractivity contribution in [1.82, 2.24) is 14.5 Å². The molecule has 0 spiro atoms. The molecule has 2 aromatic rings. The molecular formula is C15H19N3O3S. The van der Waals surface area contributed by atoms with E-state index in [2.05, 4.69) is 9.82 Å². The third-order valence-electron chi connectivity index (χ3n) is 3.84. The van der Waals surface area contributed by atoms with Gasteiger partial charge in [-0.15, -0.1) is 0 Å². The van der Waals surface area contributed by atoms with Crippen LogP contribution in [0.25, 0.3) is 0 Å². The Balaban J connectivity index is 1.85. The van der Waals surface area contributed by atoms with Gasteiger partial charge in [0.15, 0.2) is 0 Å². The van der Waals surface area contributed by atoms with E-state index in [4.69, 9.17) is 4.74 Å². The summed E-state index contributed by atoms with van der Waals surface area (Å²) in [6.07, 6.45) is 4.93. The molecule has 1 aliphatic carbocycles. The fourth-order valence-electron chi connectivity index (χ4n) is 2.45. The van der Waals surface area contributed by atoms with Crippen LogP contribution in [0.15, 0.2) is 41.6 Å². The van der Waals surface area contributed by atoms with Crippen LogP contribution in [0.3, 0.4) is 0 Å². The number of hydrogen-bond acceptors (Lipinski definition) is 4. The second kappa shape index (κ2) is 5.73. The van der Waals surface area contributed by atoms with Gasteiger partial charge in [-0.05, 0) is 36.5 Å². The topological polar surface area (TPSA) is 73.2 Å². The largest absolute Gasteiger partial charge is 0.497 e. The Labute approximate surface area is 130 Å². The zero-order chi connectivity index (χ0) is 15.7. The molecule has 0 bridgehead atoms. The van der Waals surface area contributed by atoms with Crippen LogP contribution in [-0.2, 0) is 17.1 Å². The van der Waals surface area contributed by atoms with Gasteiger partial charge in [0, 0.05) is 19.3 Å². The molecule has 0 unspecified atom stereocenters. The molecule has 1 heterocycles. The van der Waals surface area contributed by atoms with Crippen LogP contribution in [0.1, 0.15) is 24.4 Å². The molecule has 7 heteroatoms. The lowest BCUT2D eigenvalue weighted by atomic mass is 10.0. The monoisotopic (exact) mass is 321 g/mol. The Morgan fingerprint density at radius 3 is 2.50 bits per heavy atom. The SMILES string of the molecule is COc1ccc([C@H](NS(=O)(=O)c2cnn(C)c2)C2CC2)cc1. The number of methoxy groups -OCH3 is 1. The molecule has 6 nitrogen and oxygen atoms in total. The average Bonchev–Trinajstić information content (AvgIpc) is 3.25. The molecule has 1 aromatic heterocycles. The van der Waals surface area contributed by atoms with Crippen molar-refractivity contribution >= 4 is 10.0 Å². The molecular weight excluding hydrogens is 302 g/mol. The summed E-state index contributed by atoms with van der Waals surface area (Å²) in [4.78, 5) is 0.189. The van der Waals surface area contributed by atoms with Crippen LogP contribution >= 0.6 is 0 Å². The van der Waals surface area contributed by atoms with E-state index in [1.807, 2.05) is 24.3 Å². The normalized spacial score (nSPS) is 16.5. The van der Waals surface area contributed by atoms with Crippen molar-refractivity contribution < 1.29 is 13.2 Å². The standard InChI is InChI=1S/C15H19N3O3S/c1-18-10-14(9-16-18)22(19,20)17-15(11-3-4-11)12-5-7-13(21-2)8-6-12/h5-11,15,17H,3-4H2,1-2H3/t15-/m1/s1. The van der Waals surface area contributed by atoms with E-state index >= 15 is 0 Å². The number of ether oxygens (including phenoxy) is 1. The van der Waals surface area contributed by atoms with Gasteiger partial charge in [-0.2, -0.15) is 5.10 Å². The van der Waals surface area contributed by atoms with E-state index in [0.29, 0.717) is 5.92 Å². The Hall–Kier alpha value is -1.86. The highest BCUT2D eigenvalue weighted by molar-refractivity contribution is 7.89. The highest BCUT2D eigenvalue weighted by Gasteiger charge is 2.35. The van der Waals surface area contributed by atoms with Crippen molar-refractivity contribution in [3.63, 3.8) is 0 Å². The Kier molecular flexibility index (Phi) is 3.92. The van der Waals surface area contributed by atoms with Crippen LogP contribution in [0.2, 0.25) is 0 Å². The quantitative estimate of drug-likeness (QED) is 0.881. The number of aromatic nitrogens is 2. The van der Waals surface area contributed by atoms with E-state index in [9.17, 15) is 8.42 Å². The number of nitrogens with one attached hydrogen (secondary N) is 1. The maximum atomic E-state index is 12.5. The summed E-state index contributed by atoms with van der Waals surface area (Å²) in [5, 5.41) is 3.93. The van der Waals surface area contributed by atoms with Crippen molar-refractivity contribution in [3.05, 3.63) is 42.2 Å². The first-order chi connectivity index (χ1) is 10.5. The van der Waals surface area contributed by atoms with E-state index in [0.717, 1.165) is 24.2 Å². The summed E-state index contributed by atoms with van der Waals surface area (Å²) in [5.74, 6) is 1.10. The predicted octanol–water partition coefficient (Wildman–Crippen LogP) is 1.86. The van der Waals surface area contributed by atoms with Crippen LogP contribution in [0.4, 0.5) is 0 Å². The Morgan fingerprint density at radius 2 is 2.00 bits per heavy atom. The molecule has 1 N–H and O–H groups in total. The zero-order valence-corrected chi connectivity index (χ0v) is 13.4. The molecule has 0 aliphatic heterocycles. The van der Waals surface area contributed by atoms with Gasteiger partial charge in [0.05, 0.1) is 13.3 Å². The summed E-state index contributed by atoms with van der Waals surface area (Å²) in [5.41, 5.74) is 0.954. The van der Waals surface area contributed by atoms with Gasteiger partial charge >= 0.3 is 0 Å². The van der Waals surface area contributed by atoms with Crippen LogP contribution in [0, 0.1) is 5.92 Å². The molecule has 118 valence electrons. The first kappa shape index (κ1) is 15.1. The summed E-state index contributed by atoms with van der Waals surface area (Å²) < 4.78 is 34.4. The molecule has 0 amide bonds. The lowest BCUT2D eigenvalue weighted by molar-refractivity contribution is 0.414. The summed E-state index contributed by atoms with van der Waals surface area (Å²) in [6.45, 7) is 0. The number of rotatable bonds is 6. The maximum absolute atomic E-state index is 12.5. The molecule has 1 fully saturated rings. The van der Waals surface area contributed by atoms with Crippen molar-refractivity contribution in [2.75, 3.05) is 7.11 Å². The van der Waals surface area contributed by atoms with Crippen molar-refractivity contribution in [3.8, 4) is 5.75 Å². The average molecular weight is 321 g/mol. The Morgan fingerprint density at radius 1 is 1.32 bits per heavy atom. The van der Waals surface area contributed by atoms with Gasteiger partial charge in [0.25, 0.3) is 0 Å². The number of sulfonamides is 1. The fraction of sp³-hybridized carbons (Fsp3) is 0.400. The van der Waals surface area contributed by atoms with E-state index in [-0.39, 0.29) is 10.9 Å². The number of benzene rings is 1. The molecule has 0 radical (unpaired) electrons. The smallest absolute Gasteiger partial charge is 0.244 e. The second-order valence-corrected chi connectivity index (χ2v) is 7.27. The molecule has 1 saturated carbocycles. The van der Waals surface area contributed by atoms with Crippen molar-refractivity contribution in [2.45, 2.75) is 23.8 Å². The van der Waals surface area contributed by atoms with E-state index < -0.39 is 10.0 Å². The molecule has 1 atom stereocenters. The number of aryl methyl sites for hydroxylation is 1. The molecule has 22 heavy (non-hydrogen) atoms. The minimum absolute atomic E-state index is 0.189. The van der Waals surface area contributed by atoms with Gasteiger partial charge in [-0.25, -0.2) is 13.1 Å². The molecule has 1 aromatic carbocycles. The number of nitrogens with zero attached hydrogens (tertiary/aromatic N) is 2. The maximum Gasteiger partial charge on any atom is 0.244 e. The van der Waals surface area contributed by atoms with Crippen LogP contribution in [-0.4, -0.2) is 25.3 Å². The first-order valence-electron chi connectivity index (χ1n) is 7.14. The van der Waals surface area contributed by atoms with E-state index in [1.165, 1.54) is 17.1 Å². The van der Waals surface area contributed by atoms with Gasteiger partial charge in [-0.1, -0.05) is 12.1 Å². The third-order valence-corrected chi connectivity index (χ3v) is 5.24. The minimum Gasteiger partial charge on any atom is -0.497 e. The van der Waals surface area contributed by atoms with E-state index in [1.54, 1.807) is 14.2 Å². The lowest BCUT2D eigenvalue weighted by Gasteiger charge is -2.18. The minimum atomic E-state index is -3.57. The lowest BCUT2D eigenvalue weighted by Crippen LogP contribution is -2.29. The van der Waals surface area contributed by atoms with Gasteiger partial charge in [0.1, 0.15) is 10.6 Å². The highest BCUT2D eigenvalue weighted by Crippen LogP contribution is 2.42. The molecule has 0 saturated heterocycles. The highest BCUT2D eigenvalue weighted by atomic mass is 32.2. The first-order valence-corrected chi connectivity index (χ1v) is 8.63. The second-order valence-electron chi connectivity index (χ2n) is 5.56. The number of hydrogen-bond donors (Lipinski definition) is 1. The van der Waals surface area contributed by atoms with Gasteiger partial charge in [-0.3, -0.25) is 4.68 Å². The van der Waals surface area contributed by atoms with Crippen LogP contribution < -0.4 is 9.46 Å². The van der Waals surface area contributed by atoms with Crippen molar-refractivity contribution in [1.29, 1.82) is 0 Å². The summed E-state index contributed by atoms with van der Waals surface area (Å²) in [6, 6.07) is 7.31. The zero-order valence-electron chi connectivity index (χ0n) is 12.6. The summed E-state index contributed by atoms with van der Waals surface area (Å²) >= 11 is 0. The van der Waals surface area contributed by atoms with Gasteiger partial charge < -0.3 is 4.74 Å². The third kappa shape index (κ3) is 3.15. The summed E-state index contributed by atoms with van der Waals surface area (Å²) in [7, 11) is -0.267. The Bertz CT molecular complexity index is 749. The van der Waals surface area contributed by atoms with Crippen molar-refractivity contribution in [2.24, 2.45) is 13.0 Å². The molecule has 1 aliphatic rings. The van der Waals surface area contributed by atoms with Crippen LogP contribution in [0.5, 0.6) is 5.75 Å².